The molecule has 0 saturated carbocycles. The molecule has 1 aliphatic carbocycles. The first kappa shape index (κ1) is 10.9. The third kappa shape index (κ3) is 3.20. The number of nitrogens with zero attached hydrogens (tertiary/aromatic N) is 1. The van der Waals surface area contributed by atoms with Crippen molar-refractivity contribution in [3.8, 4) is 0 Å². The van der Waals surface area contributed by atoms with Crippen LogP contribution >= 0.6 is 0 Å². The number of allylic oxidation sites excluding steroid dienone is 6. The Balaban J connectivity index is 1.94. The normalized spacial score (nSPS) is 19.3. The molecule has 1 unspecified atom stereocenters. The van der Waals surface area contributed by atoms with Gasteiger partial charge in [-0.2, -0.15) is 0 Å². The van der Waals surface area contributed by atoms with Crippen LogP contribution in [0, 0.1) is 5.92 Å². The quantitative estimate of drug-likeness (QED) is 0.742. The number of hydrogen-bond donors (Lipinski definition) is 0. The minimum atomic E-state index is 0.551. The van der Waals surface area contributed by atoms with Crippen LogP contribution in [0.1, 0.15) is 18.9 Å². The van der Waals surface area contributed by atoms with Crippen LogP contribution in [0.4, 0.5) is 0 Å². The second kappa shape index (κ2) is 5.45. The van der Waals surface area contributed by atoms with Gasteiger partial charge in [-0.05, 0) is 42.0 Å². The number of rotatable bonds is 3. The molecule has 0 saturated heterocycles. The Labute approximate surface area is 97.2 Å². The Kier molecular flexibility index (Phi) is 3.71. The molecule has 0 aromatic carbocycles. The monoisotopic (exact) mass is 211 g/mol. The molecule has 1 nitrogen and oxygen atoms in total. The van der Waals surface area contributed by atoms with Crippen LogP contribution in [0.2, 0.25) is 0 Å². The van der Waals surface area contributed by atoms with E-state index in [9.17, 15) is 0 Å². The molecule has 1 aromatic rings. The smallest absolute Gasteiger partial charge is 0.0270 e. The first-order chi connectivity index (χ1) is 7.84. The number of aromatic nitrogens is 1. The summed E-state index contributed by atoms with van der Waals surface area (Å²) in [4.78, 5) is 4.03. The van der Waals surface area contributed by atoms with Crippen molar-refractivity contribution in [3.05, 3.63) is 66.0 Å². The molecule has 1 heterocycles. The van der Waals surface area contributed by atoms with Crippen molar-refractivity contribution in [2.24, 2.45) is 5.92 Å². The minimum Gasteiger partial charge on any atom is -0.265 e. The summed E-state index contributed by atoms with van der Waals surface area (Å²) in [6, 6.07) is 4.17. The Hall–Kier alpha value is -1.63. The van der Waals surface area contributed by atoms with Crippen molar-refractivity contribution in [3.63, 3.8) is 0 Å². The van der Waals surface area contributed by atoms with Crippen LogP contribution in [-0.2, 0) is 6.42 Å². The van der Waals surface area contributed by atoms with Gasteiger partial charge in [-0.25, -0.2) is 0 Å². The summed E-state index contributed by atoms with van der Waals surface area (Å²) in [5.41, 5.74) is 2.75. The van der Waals surface area contributed by atoms with E-state index < -0.39 is 0 Å². The number of aryl methyl sites for hydroxylation is 1. The predicted octanol–water partition coefficient (Wildman–Crippen LogP) is 3.70. The maximum atomic E-state index is 4.03. The Morgan fingerprint density at radius 2 is 1.94 bits per heavy atom. The second-order valence-corrected chi connectivity index (χ2v) is 4.20. The maximum absolute atomic E-state index is 4.03. The summed E-state index contributed by atoms with van der Waals surface area (Å²) in [6.07, 6.45) is 17.0. The van der Waals surface area contributed by atoms with Crippen LogP contribution in [0.3, 0.4) is 0 Å². The fourth-order valence-electron chi connectivity index (χ4n) is 1.75. The van der Waals surface area contributed by atoms with E-state index in [2.05, 4.69) is 54.4 Å². The summed E-state index contributed by atoms with van der Waals surface area (Å²) < 4.78 is 0. The van der Waals surface area contributed by atoms with Gasteiger partial charge in [-0.1, -0.05) is 37.3 Å². The van der Waals surface area contributed by atoms with E-state index in [0.717, 1.165) is 12.8 Å². The third-order valence-corrected chi connectivity index (χ3v) is 2.79. The lowest BCUT2D eigenvalue weighted by Crippen LogP contribution is -1.87. The molecule has 0 N–H and O–H groups in total. The third-order valence-electron chi connectivity index (χ3n) is 2.79. The molecule has 82 valence electrons. The molecule has 0 fully saturated rings. The first-order valence-electron chi connectivity index (χ1n) is 5.79. The molecule has 2 rings (SSSR count). The van der Waals surface area contributed by atoms with Crippen molar-refractivity contribution in [2.75, 3.05) is 0 Å². The van der Waals surface area contributed by atoms with Crippen LogP contribution < -0.4 is 0 Å². The highest BCUT2D eigenvalue weighted by molar-refractivity contribution is 5.29. The van der Waals surface area contributed by atoms with E-state index in [0.29, 0.717) is 5.92 Å². The summed E-state index contributed by atoms with van der Waals surface area (Å²) in [5, 5.41) is 0. The largest absolute Gasteiger partial charge is 0.265 e. The van der Waals surface area contributed by atoms with E-state index in [1.54, 1.807) is 0 Å². The minimum absolute atomic E-state index is 0.551. The van der Waals surface area contributed by atoms with E-state index in [-0.39, 0.29) is 0 Å². The van der Waals surface area contributed by atoms with Gasteiger partial charge in [0.15, 0.2) is 0 Å². The summed E-state index contributed by atoms with van der Waals surface area (Å²) >= 11 is 0. The van der Waals surface area contributed by atoms with Crippen molar-refractivity contribution < 1.29 is 0 Å². The molecule has 1 heteroatoms. The van der Waals surface area contributed by atoms with Gasteiger partial charge in [0, 0.05) is 12.4 Å². The molecule has 0 amide bonds. The first-order valence-corrected chi connectivity index (χ1v) is 5.79. The van der Waals surface area contributed by atoms with Gasteiger partial charge in [0.25, 0.3) is 0 Å². The topological polar surface area (TPSA) is 12.9 Å². The van der Waals surface area contributed by atoms with Gasteiger partial charge in [-0.3, -0.25) is 4.98 Å². The van der Waals surface area contributed by atoms with Crippen molar-refractivity contribution >= 4 is 0 Å². The highest BCUT2D eigenvalue weighted by Gasteiger charge is 1.99. The highest BCUT2D eigenvalue weighted by Crippen LogP contribution is 2.14. The van der Waals surface area contributed by atoms with Gasteiger partial charge >= 0.3 is 0 Å². The fourth-order valence-corrected chi connectivity index (χ4v) is 1.75. The molecule has 1 aliphatic rings. The molecular formula is C15H17N. The van der Waals surface area contributed by atoms with Gasteiger partial charge in [0.05, 0.1) is 0 Å². The average Bonchev–Trinajstić information content (AvgIpc) is 2.53. The van der Waals surface area contributed by atoms with E-state index in [1.165, 1.54) is 11.1 Å². The fraction of sp³-hybridized carbons (Fsp3) is 0.267. The molecule has 0 spiro atoms. The SMILES string of the molecule is CC1C=CC=C(CCc2ccncc2)C=C1. The van der Waals surface area contributed by atoms with Crippen LogP contribution in [0.25, 0.3) is 0 Å². The molecular weight excluding hydrogens is 194 g/mol. The summed E-state index contributed by atoms with van der Waals surface area (Å²) in [6.45, 7) is 2.20. The van der Waals surface area contributed by atoms with Crippen LogP contribution in [0.15, 0.2) is 60.5 Å². The Morgan fingerprint density at radius 1 is 1.12 bits per heavy atom. The van der Waals surface area contributed by atoms with Crippen molar-refractivity contribution in [2.45, 2.75) is 19.8 Å². The lowest BCUT2D eigenvalue weighted by molar-refractivity contribution is 0.932. The van der Waals surface area contributed by atoms with Gasteiger partial charge < -0.3 is 0 Å². The van der Waals surface area contributed by atoms with Gasteiger partial charge in [0.1, 0.15) is 0 Å². The van der Waals surface area contributed by atoms with Gasteiger partial charge in [-0.15, -0.1) is 0 Å². The maximum Gasteiger partial charge on any atom is 0.0270 e. The second-order valence-electron chi connectivity index (χ2n) is 4.20. The molecule has 16 heavy (non-hydrogen) atoms. The van der Waals surface area contributed by atoms with Crippen molar-refractivity contribution in [1.29, 1.82) is 0 Å². The van der Waals surface area contributed by atoms with Gasteiger partial charge in [0.2, 0.25) is 0 Å². The summed E-state index contributed by atoms with van der Waals surface area (Å²) in [5.74, 6) is 0.551. The van der Waals surface area contributed by atoms with E-state index in [4.69, 9.17) is 0 Å². The van der Waals surface area contributed by atoms with Crippen LogP contribution in [0.5, 0.6) is 0 Å². The van der Waals surface area contributed by atoms with E-state index in [1.807, 2.05) is 12.4 Å². The van der Waals surface area contributed by atoms with Crippen molar-refractivity contribution in [1.82, 2.24) is 4.98 Å². The average molecular weight is 211 g/mol. The molecule has 0 aliphatic heterocycles. The van der Waals surface area contributed by atoms with Crippen LogP contribution in [-0.4, -0.2) is 4.98 Å². The predicted molar refractivity (Wildman–Crippen MR) is 68.1 cm³/mol. The number of hydrogen-bond acceptors (Lipinski definition) is 1. The molecule has 0 radical (unpaired) electrons. The highest BCUT2D eigenvalue weighted by atomic mass is 14.6. The Bertz CT molecular complexity index is 412. The van der Waals surface area contributed by atoms with E-state index >= 15 is 0 Å². The molecule has 0 bridgehead atoms. The number of pyridine rings is 1. The standard InChI is InChI=1S/C15H17N/c1-13-3-2-4-14(6-5-13)7-8-15-9-11-16-12-10-15/h2-6,9-13H,7-8H2,1H3. The zero-order valence-corrected chi connectivity index (χ0v) is 9.63. The molecule has 1 atom stereocenters. The Morgan fingerprint density at radius 3 is 2.75 bits per heavy atom. The summed E-state index contributed by atoms with van der Waals surface area (Å²) in [7, 11) is 0. The molecule has 1 aromatic heterocycles. The zero-order chi connectivity index (χ0) is 11.2. The lowest BCUT2D eigenvalue weighted by Gasteiger charge is -2.01. The zero-order valence-electron chi connectivity index (χ0n) is 9.63. The lowest BCUT2D eigenvalue weighted by atomic mass is 10.0.